The zero-order chi connectivity index (χ0) is 14.2. The van der Waals surface area contributed by atoms with Crippen LogP contribution in [-0.4, -0.2) is 26.8 Å². The van der Waals surface area contributed by atoms with E-state index in [1.54, 1.807) is 6.07 Å². The quantitative estimate of drug-likeness (QED) is 0.926. The third-order valence-electron chi connectivity index (χ3n) is 4.39. The first-order valence-electron chi connectivity index (χ1n) is 6.86. The molecule has 3 atom stereocenters. The maximum absolute atomic E-state index is 12.8. The Balaban J connectivity index is 2.38. The third kappa shape index (κ3) is 2.56. The second-order valence-corrected chi connectivity index (χ2v) is 7.82. The van der Waals surface area contributed by atoms with Crippen molar-refractivity contribution in [1.82, 2.24) is 5.32 Å². The van der Waals surface area contributed by atoms with Gasteiger partial charge in [0.05, 0.1) is 10.1 Å². The number of nitrogens with one attached hydrogen (secondary N) is 1. The standard InChI is InChI=1S/C15H23NO2S/c1-10-5-7-14(11(2)9-10)19(17,18)15-8-6-13(16-4)12(15)3/h5,7,9,12-13,15-16H,6,8H2,1-4H3. The van der Waals surface area contributed by atoms with E-state index in [0.29, 0.717) is 10.9 Å². The van der Waals surface area contributed by atoms with Crippen LogP contribution in [0.1, 0.15) is 30.9 Å². The summed E-state index contributed by atoms with van der Waals surface area (Å²) in [5, 5.41) is 2.97. The highest BCUT2D eigenvalue weighted by molar-refractivity contribution is 7.92. The van der Waals surface area contributed by atoms with E-state index in [0.717, 1.165) is 24.0 Å². The van der Waals surface area contributed by atoms with Crippen molar-refractivity contribution in [1.29, 1.82) is 0 Å². The molecular weight excluding hydrogens is 258 g/mol. The normalized spacial score (nSPS) is 27.7. The van der Waals surface area contributed by atoms with E-state index < -0.39 is 9.84 Å². The van der Waals surface area contributed by atoms with Gasteiger partial charge in [-0.05, 0) is 51.3 Å². The lowest BCUT2D eigenvalue weighted by Crippen LogP contribution is -2.34. The molecule has 3 unspecified atom stereocenters. The minimum absolute atomic E-state index is 0.163. The molecule has 2 rings (SSSR count). The predicted octanol–water partition coefficient (Wildman–Crippen LogP) is 2.46. The second-order valence-electron chi connectivity index (χ2n) is 5.68. The van der Waals surface area contributed by atoms with Gasteiger partial charge in [0.15, 0.2) is 9.84 Å². The average molecular weight is 281 g/mol. The highest BCUT2D eigenvalue weighted by Gasteiger charge is 2.41. The number of sulfone groups is 1. The minimum Gasteiger partial charge on any atom is -0.317 e. The van der Waals surface area contributed by atoms with Gasteiger partial charge in [-0.25, -0.2) is 8.42 Å². The number of benzene rings is 1. The van der Waals surface area contributed by atoms with Gasteiger partial charge in [-0.1, -0.05) is 24.6 Å². The molecule has 3 nitrogen and oxygen atoms in total. The second kappa shape index (κ2) is 5.25. The summed E-state index contributed by atoms with van der Waals surface area (Å²) < 4.78 is 25.6. The number of rotatable bonds is 3. The summed E-state index contributed by atoms with van der Waals surface area (Å²) in [4.78, 5) is 0.506. The molecular formula is C15H23NO2S. The van der Waals surface area contributed by atoms with Gasteiger partial charge in [0.25, 0.3) is 0 Å². The van der Waals surface area contributed by atoms with Crippen molar-refractivity contribution >= 4 is 9.84 Å². The van der Waals surface area contributed by atoms with Gasteiger partial charge >= 0.3 is 0 Å². The van der Waals surface area contributed by atoms with Crippen molar-refractivity contribution in [2.24, 2.45) is 5.92 Å². The van der Waals surface area contributed by atoms with E-state index in [4.69, 9.17) is 0 Å². The smallest absolute Gasteiger partial charge is 0.181 e. The first-order valence-corrected chi connectivity index (χ1v) is 8.41. The first kappa shape index (κ1) is 14.5. The number of hydrogen-bond donors (Lipinski definition) is 1. The third-order valence-corrected chi connectivity index (χ3v) is 6.92. The van der Waals surface area contributed by atoms with Crippen LogP contribution in [0, 0.1) is 19.8 Å². The Morgan fingerprint density at radius 1 is 1.21 bits per heavy atom. The molecule has 1 aromatic rings. The molecule has 0 heterocycles. The summed E-state index contributed by atoms with van der Waals surface area (Å²) in [7, 11) is -1.31. The van der Waals surface area contributed by atoms with E-state index in [-0.39, 0.29) is 11.2 Å². The molecule has 0 saturated heterocycles. The van der Waals surface area contributed by atoms with E-state index in [9.17, 15) is 8.42 Å². The Hall–Kier alpha value is -0.870. The van der Waals surface area contributed by atoms with Crippen LogP contribution in [0.5, 0.6) is 0 Å². The van der Waals surface area contributed by atoms with E-state index in [1.807, 2.05) is 40.0 Å². The molecule has 4 heteroatoms. The summed E-state index contributed by atoms with van der Waals surface area (Å²) in [5.74, 6) is 0.163. The van der Waals surface area contributed by atoms with Crippen molar-refractivity contribution in [3.05, 3.63) is 29.3 Å². The Bertz CT molecular complexity index is 566. The van der Waals surface area contributed by atoms with Crippen molar-refractivity contribution in [2.75, 3.05) is 7.05 Å². The topological polar surface area (TPSA) is 46.2 Å². The fourth-order valence-electron chi connectivity index (χ4n) is 3.26. The molecule has 0 amide bonds. The van der Waals surface area contributed by atoms with Crippen molar-refractivity contribution in [3.63, 3.8) is 0 Å². The highest BCUT2D eigenvalue weighted by Crippen LogP contribution is 2.35. The molecule has 1 aromatic carbocycles. The fourth-order valence-corrected chi connectivity index (χ4v) is 5.55. The molecule has 0 aromatic heterocycles. The largest absolute Gasteiger partial charge is 0.317 e. The van der Waals surface area contributed by atoms with Gasteiger partial charge in [-0.2, -0.15) is 0 Å². The number of hydrogen-bond acceptors (Lipinski definition) is 3. The van der Waals surface area contributed by atoms with Crippen LogP contribution in [0.3, 0.4) is 0 Å². The molecule has 0 spiro atoms. The molecule has 1 N–H and O–H groups in total. The highest BCUT2D eigenvalue weighted by atomic mass is 32.2. The van der Waals surface area contributed by atoms with Crippen LogP contribution in [0.2, 0.25) is 0 Å². The molecule has 1 fully saturated rings. The molecule has 1 aliphatic carbocycles. The maximum Gasteiger partial charge on any atom is 0.181 e. The van der Waals surface area contributed by atoms with E-state index in [2.05, 4.69) is 5.32 Å². The van der Waals surface area contributed by atoms with Gasteiger partial charge in [-0.15, -0.1) is 0 Å². The summed E-state index contributed by atoms with van der Waals surface area (Å²) in [6.45, 7) is 5.91. The zero-order valence-corrected chi connectivity index (χ0v) is 12.9. The monoisotopic (exact) mass is 281 g/mol. The lowest BCUT2D eigenvalue weighted by molar-refractivity contribution is 0.453. The lowest BCUT2D eigenvalue weighted by atomic mass is 10.1. The lowest BCUT2D eigenvalue weighted by Gasteiger charge is -2.21. The van der Waals surface area contributed by atoms with Gasteiger partial charge in [0, 0.05) is 6.04 Å². The van der Waals surface area contributed by atoms with Crippen LogP contribution in [-0.2, 0) is 9.84 Å². The van der Waals surface area contributed by atoms with Gasteiger partial charge in [0.1, 0.15) is 0 Å². The van der Waals surface area contributed by atoms with Crippen LogP contribution in [0.15, 0.2) is 23.1 Å². The van der Waals surface area contributed by atoms with Crippen molar-refractivity contribution in [2.45, 2.75) is 49.8 Å². The average Bonchev–Trinajstić information content (AvgIpc) is 2.70. The van der Waals surface area contributed by atoms with Crippen LogP contribution >= 0.6 is 0 Å². The SMILES string of the molecule is CNC1CCC(S(=O)(=O)c2ccc(C)cc2C)C1C. The zero-order valence-electron chi connectivity index (χ0n) is 12.1. The summed E-state index contributed by atoms with van der Waals surface area (Å²) in [6, 6.07) is 5.90. The Morgan fingerprint density at radius 2 is 1.89 bits per heavy atom. The van der Waals surface area contributed by atoms with Gasteiger partial charge in [-0.3, -0.25) is 0 Å². The molecule has 106 valence electrons. The molecule has 0 bridgehead atoms. The molecule has 1 saturated carbocycles. The van der Waals surface area contributed by atoms with Crippen LogP contribution in [0.25, 0.3) is 0 Å². The van der Waals surface area contributed by atoms with Crippen LogP contribution < -0.4 is 5.32 Å². The summed E-state index contributed by atoms with van der Waals surface area (Å²) in [6.07, 6.45) is 1.69. The van der Waals surface area contributed by atoms with Crippen LogP contribution in [0.4, 0.5) is 0 Å². The molecule has 19 heavy (non-hydrogen) atoms. The van der Waals surface area contributed by atoms with Crippen molar-refractivity contribution < 1.29 is 8.42 Å². The Labute approximate surface area is 116 Å². The Morgan fingerprint density at radius 3 is 2.42 bits per heavy atom. The van der Waals surface area contributed by atoms with E-state index >= 15 is 0 Å². The summed E-state index contributed by atoms with van der Waals surface area (Å²) >= 11 is 0. The molecule has 0 aliphatic heterocycles. The van der Waals surface area contributed by atoms with Crippen molar-refractivity contribution in [3.8, 4) is 0 Å². The van der Waals surface area contributed by atoms with Gasteiger partial charge in [0.2, 0.25) is 0 Å². The fraction of sp³-hybridized carbons (Fsp3) is 0.600. The molecule has 1 aliphatic rings. The van der Waals surface area contributed by atoms with E-state index in [1.165, 1.54) is 0 Å². The van der Waals surface area contributed by atoms with Gasteiger partial charge < -0.3 is 5.32 Å². The minimum atomic E-state index is -3.22. The number of aryl methyl sites for hydroxylation is 2. The Kier molecular flexibility index (Phi) is 4.02. The maximum atomic E-state index is 12.8. The molecule has 0 radical (unpaired) electrons. The first-order chi connectivity index (χ1) is 8.87. The predicted molar refractivity (Wildman–Crippen MR) is 78.1 cm³/mol. The summed E-state index contributed by atoms with van der Waals surface area (Å²) in [5.41, 5.74) is 1.96.